The summed E-state index contributed by atoms with van der Waals surface area (Å²) in [6.07, 6.45) is 2.07. The molecule has 4 rings (SSSR count). The SMILES string of the molecule is CCc1c(C(=O)O)c2c(OCc3ccccc3)cccn2c1C(=O)c1cccc(Cl)c1. The molecule has 0 saturated carbocycles. The van der Waals surface area contributed by atoms with E-state index in [2.05, 4.69) is 0 Å². The lowest BCUT2D eigenvalue weighted by molar-refractivity contribution is 0.0697. The number of hydrogen-bond donors (Lipinski definition) is 1. The van der Waals surface area contributed by atoms with Gasteiger partial charge in [-0.05, 0) is 41.8 Å². The summed E-state index contributed by atoms with van der Waals surface area (Å²) in [5, 5.41) is 10.5. The second-order valence-electron chi connectivity index (χ2n) is 7.07. The minimum Gasteiger partial charge on any atom is -0.487 e. The number of rotatable bonds is 7. The standard InChI is InChI=1S/C25H20ClNO4/c1-2-19-21(25(29)30)23-20(31-15-16-8-4-3-5-9-16)12-7-13-27(23)22(19)24(28)17-10-6-11-18(26)14-17/h3-14H,2,15H2,1H3,(H,29,30). The average Bonchev–Trinajstić information content (AvgIpc) is 3.13. The van der Waals surface area contributed by atoms with Crippen LogP contribution in [0.15, 0.2) is 72.9 Å². The highest BCUT2D eigenvalue weighted by atomic mass is 35.5. The van der Waals surface area contributed by atoms with E-state index in [-0.39, 0.29) is 18.0 Å². The Balaban J connectivity index is 1.89. The molecular formula is C25H20ClNO4. The van der Waals surface area contributed by atoms with Crippen LogP contribution < -0.4 is 4.74 Å². The van der Waals surface area contributed by atoms with E-state index >= 15 is 0 Å². The number of benzene rings is 2. The maximum Gasteiger partial charge on any atom is 0.338 e. The number of aromatic carboxylic acids is 1. The Morgan fingerprint density at radius 2 is 1.81 bits per heavy atom. The molecule has 0 fully saturated rings. The predicted octanol–water partition coefficient (Wildman–Crippen LogP) is 5.66. The van der Waals surface area contributed by atoms with Crippen LogP contribution in [0.5, 0.6) is 5.75 Å². The molecule has 156 valence electrons. The number of hydrogen-bond acceptors (Lipinski definition) is 3. The maximum absolute atomic E-state index is 13.4. The normalized spacial score (nSPS) is 10.9. The van der Waals surface area contributed by atoms with Gasteiger partial charge in [-0.2, -0.15) is 0 Å². The van der Waals surface area contributed by atoms with Gasteiger partial charge in [-0.1, -0.05) is 61.0 Å². The zero-order chi connectivity index (χ0) is 22.0. The molecule has 0 aliphatic heterocycles. The van der Waals surface area contributed by atoms with Crippen LogP contribution in [0, 0.1) is 0 Å². The van der Waals surface area contributed by atoms with Crippen molar-refractivity contribution in [2.24, 2.45) is 0 Å². The molecule has 0 amide bonds. The third kappa shape index (κ3) is 3.92. The van der Waals surface area contributed by atoms with Crippen LogP contribution in [-0.2, 0) is 13.0 Å². The quantitative estimate of drug-likeness (QED) is 0.381. The van der Waals surface area contributed by atoms with Crippen molar-refractivity contribution < 1.29 is 19.4 Å². The molecule has 2 aromatic heterocycles. The second kappa shape index (κ2) is 8.66. The van der Waals surface area contributed by atoms with E-state index in [1.165, 1.54) is 0 Å². The molecule has 2 aromatic carbocycles. The van der Waals surface area contributed by atoms with Crippen molar-refractivity contribution in [1.82, 2.24) is 4.40 Å². The maximum atomic E-state index is 13.4. The number of pyridine rings is 1. The second-order valence-corrected chi connectivity index (χ2v) is 7.50. The van der Waals surface area contributed by atoms with Crippen molar-refractivity contribution >= 4 is 28.9 Å². The number of fused-ring (bicyclic) bond motifs is 1. The van der Waals surface area contributed by atoms with Gasteiger partial charge in [0.1, 0.15) is 17.9 Å². The third-order valence-corrected chi connectivity index (χ3v) is 5.36. The first-order valence-electron chi connectivity index (χ1n) is 9.87. The Labute approximate surface area is 184 Å². The molecule has 0 radical (unpaired) electrons. The van der Waals surface area contributed by atoms with Gasteiger partial charge >= 0.3 is 5.97 Å². The highest BCUT2D eigenvalue weighted by Crippen LogP contribution is 2.33. The van der Waals surface area contributed by atoms with Crippen molar-refractivity contribution in [2.75, 3.05) is 0 Å². The first-order valence-corrected chi connectivity index (χ1v) is 10.2. The fourth-order valence-electron chi connectivity index (χ4n) is 3.76. The molecule has 0 unspecified atom stereocenters. The minimum atomic E-state index is -1.10. The summed E-state index contributed by atoms with van der Waals surface area (Å²) < 4.78 is 7.61. The van der Waals surface area contributed by atoms with E-state index in [1.54, 1.807) is 47.0 Å². The number of ether oxygens (including phenoxy) is 1. The lowest BCUT2D eigenvalue weighted by Gasteiger charge is -2.10. The molecule has 0 spiro atoms. The summed E-state index contributed by atoms with van der Waals surface area (Å²) in [6, 6.07) is 19.7. The predicted molar refractivity (Wildman–Crippen MR) is 119 cm³/mol. The molecule has 4 aromatic rings. The van der Waals surface area contributed by atoms with Crippen LogP contribution in [0.1, 0.15) is 44.5 Å². The van der Waals surface area contributed by atoms with Gasteiger partial charge in [-0.3, -0.25) is 4.79 Å². The smallest absolute Gasteiger partial charge is 0.338 e. The number of aromatic nitrogens is 1. The Hall–Kier alpha value is -3.57. The van der Waals surface area contributed by atoms with E-state index in [0.717, 1.165) is 5.56 Å². The van der Waals surface area contributed by atoms with Crippen LogP contribution >= 0.6 is 11.6 Å². The molecule has 0 atom stereocenters. The molecule has 0 saturated heterocycles. The average molecular weight is 434 g/mol. The Morgan fingerprint density at radius 1 is 1.03 bits per heavy atom. The van der Waals surface area contributed by atoms with Crippen molar-refractivity contribution in [3.05, 3.63) is 106 Å². The monoisotopic (exact) mass is 433 g/mol. The van der Waals surface area contributed by atoms with E-state index < -0.39 is 5.97 Å². The highest BCUT2D eigenvalue weighted by molar-refractivity contribution is 6.31. The topological polar surface area (TPSA) is 68.0 Å². The van der Waals surface area contributed by atoms with E-state index in [0.29, 0.717) is 39.5 Å². The van der Waals surface area contributed by atoms with Crippen LogP contribution in [0.4, 0.5) is 0 Å². The van der Waals surface area contributed by atoms with Crippen LogP contribution in [-0.4, -0.2) is 21.3 Å². The zero-order valence-electron chi connectivity index (χ0n) is 16.8. The number of nitrogens with zero attached hydrogens (tertiary/aromatic N) is 1. The Bertz CT molecular complexity index is 1280. The van der Waals surface area contributed by atoms with Gasteiger partial charge in [-0.15, -0.1) is 0 Å². The summed E-state index contributed by atoms with van der Waals surface area (Å²) >= 11 is 6.08. The summed E-state index contributed by atoms with van der Waals surface area (Å²) in [5.74, 6) is -0.985. The molecule has 31 heavy (non-hydrogen) atoms. The number of halogens is 1. The number of carboxylic acids is 1. The summed E-state index contributed by atoms with van der Waals surface area (Å²) in [4.78, 5) is 25.7. The highest BCUT2D eigenvalue weighted by Gasteiger charge is 2.28. The molecule has 6 heteroatoms. The van der Waals surface area contributed by atoms with Gasteiger partial charge in [0.05, 0.1) is 11.3 Å². The lowest BCUT2D eigenvalue weighted by atomic mass is 10.0. The van der Waals surface area contributed by atoms with Crippen LogP contribution in [0.3, 0.4) is 0 Å². The first kappa shape index (κ1) is 20.7. The van der Waals surface area contributed by atoms with Crippen molar-refractivity contribution in [2.45, 2.75) is 20.0 Å². The molecule has 1 N–H and O–H groups in total. The first-order chi connectivity index (χ1) is 15.0. The summed E-state index contributed by atoms with van der Waals surface area (Å²) in [7, 11) is 0. The van der Waals surface area contributed by atoms with Crippen LogP contribution in [0.2, 0.25) is 5.02 Å². The zero-order valence-corrected chi connectivity index (χ0v) is 17.6. The van der Waals surface area contributed by atoms with Gasteiger partial charge in [0.25, 0.3) is 0 Å². The molecule has 5 nitrogen and oxygen atoms in total. The van der Waals surface area contributed by atoms with Crippen LogP contribution in [0.25, 0.3) is 5.52 Å². The number of ketones is 1. The van der Waals surface area contributed by atoms with E-state index in [1.807, 2.05) is 37.3 Å². The Morgan fingerprint density at radius 3 is 2.48 bits per heavy atom. The summed E-state index contributed by atoms with van der Waals surface area (Å²) in [5.41, 5.74) is 2.58. The molecule has 0 aliphatic carbocycles. The van der Waals surface area contributed by atoms with Crippen molar-refractivity contribution in [3.63, 3.8) is 0 Å². The Kier molecular flexibility index (Phi) is 5.78. The molecular weight excluding hydrogens is 414 g/mol. The van der Waals surface area contributed by atoms with Gasteiger partial charge < -0.3 is 14.2 Å². The fourth-order valence-corrected chi connectivity index (χ4v) is 3.95. The van der Waals surface area contributed by atoms with Gasteiger partial charge in [0.2, 0.25) is 5.78 Å². The minimum absolute atomic E-state index is 0.0801. The van der Waals surface area contributed by atoms with E-state index in [4.69, 9.17) is 16.3 Å². The van der Waals surface area contributed by atoms with Gasteiger partial charge in [-0.25, -0.2) is 4.79 Å². The summed E-state index contributed by atoms with van der Waals surface area (Å²) in [6.45, 7) is 2.12. The molecule has 0 aliphatic rings. The van der Waals surface area contributed by atoms with Gasteiger partial charge in [0, 0.05) is 16.8 Å². The number of carbonyl (C=O) groups is 2. The number of carbonyl (C=O) groups excluding carboxylic acids is 1. The molecule has 2 heterocycles. The lowest BCUT2D eigenvalue weighted by Crippen LogP contribution is -2.08. The molecule has 0 bridgehead atoms. The number of carboxylic acid groups (broad SMARTS) is 1. The fraction of sp³-hybridized carbons (Fsp3) is 0.120. The van der Waals surface area contributed by atoms with E-state index in [9.17, 15) is 14.7 Å². The third-order valence-electron chi connectivity index (χ3n) is 5.13. The van der Waals surface area contributed by atoms with Gasteiger partial charge in [0.15, 0.2) is 0 Å². The van der Waals surface area contributed by atoms with Crippen molar-refractivity contribution in [3.8, 4) is 5.75 Å². The van der Waals surface area contributed by atoms with Crippen molar-refractivity contribution in [1.29, 1.82) is 0 Å². The largest absolute Gasteiger partial charge is 0.487 e.